The molecule has 2 aromatic carbocycles. The lowest BCUT2D eigenvalue weighted by atomic mass is 9.75. The molecule has 0 radical (unpaired) electrons. The summed E-state index contributed by atoms with van der Waals surface area (Å²) in [5.74, 6) is 0.618. The third-order valence-corrected chi connectivity index (χ3v) is 4.82. The fourth-order valence-corrected chi connectivity index (χ4v) is 3.74. The molecule has 1 fully saturated rings. The standard InChI is InChI=1S/C17H16Cl3N/c1-10-3-2-4-11(5-10)12-6-14(7-12)21-17-15(19)8-13(18)9-16(17)20/h2-5,8-9,12,14,21H,6-7H2,1H3. The second kappa shape index (κ2) is 6.08. The number of halogens is 3. The smallest absolute Gasteiger partial charge is 0.0722 e. The van der Waals surface area contributed by atoms with Gasteiger partial charge in [-0.15, -0.1) is 0 Å². The molecule has 0 saturated heterocycles. The molecular formula is C17H16Cl3N. The maximum absolute atomic E-state index is 6.20. The second-order valence-corrected chi connectivity index (χ2v) is 6.92. The lowest BCUT2D eigenvalue weighted by molar-refractivity contribution is 0.374. The largest absolute Gasteiger partial charge is 0.380 e. The van der Waals surface area contributed by atoms with Crippen molar-refractivity contribution in [2.75, 3.05) is 5.32 Å². The summed E-state index contributed by atoms with van der Waals surface area (Å²) in [6.07, 6.45) is 2.19. The van der Waals surface area contributed by atoms with E-state index < -0.39 is 0 Å². The van der Waals surface area contributed by atoms with E-state index in [1.807, 2.05) is 0 Å². The van der Waals surface area contributed by atoms with Gasteiger partial charge in [0.1, 0.15) is 0 Å². The van der Waals surface area contributed by atoms with E-state index in [-0.39, 0.29) is 0 Å². The van der Waals surface area contributed by atoms with Gasteiger partial charge in [-0.2, -0.15) is 0 Å². The first-order chi connectivity index (χ1) is 10.0. The van der Waals surface area contributed by atoms with Crippen LogP contribution in [0, 0.1) is 6.92 Å². The van der Waals surface area contributed by atoms with Crippen LogP contribution in [0.3, 0.4) is 0 Å². The molecule has 21 heavy (non-hydrogen) atoms. The molecule has 0 unspecified atom stereocenters. The molecule has 1 aliphatic carbocycles. The van der Waals surface area contributed by atoms with Crippen molar-refractivity contribution in [3.63, 3.8) is 0 Å². The summed E-state index contributed by atoms with van der Waals surface area (Å²) in [6, 6.07) is 12.6. The van der Waals surface area contributed by atoms with Crippen molar-refractivity contribution in [2.45, 2.75) is 31.7 Å². The average Bonchev–Trinajstić information content (AvgIpc) is 2.35. The minimum absolute atomic E-state index is 0.409. The third-order valence-electron chi connectivity index (χ3n) is 4.01. The van der Waals surface area contributed by atoms with Crippen molar-refractivity contribution in [3.05, 3.63) is 62.6 Å². The number of hydrogen-bond acceptors (Lipinski definition) is 1. The SMILES string of the molecule is Cc1cccc(C2CC(Nc3c(Cl)cc(Cl)cc3Cl)C2)c1. The summed E-state index contributed by atoms with van der Waals surface area (Å²) in [5, 5.41) is 5.14. The zero-order valence-corrected chi connectivity index (χ0v) is 13.9. The predicted molar refractivity (Wildman–Crippen MR) is 92.0 cm³/mol. The van der Waals surface area contributed by atoms with Gasteiger partial charge in [-0.1, -0.05) is 64.6 Å². The summed E-state index contributed by atoms with van der Waals surface area (Å²) < 4.78 is 0. The highest BCUT2D eigenvalue weighted by atomic mass is 35.5. The van der Waals surface area contributed by atoms with Gasteiger partial charge in [0.2, 0.25) is 0 Å². The molecule has 2 aromatic rings. The number of rotatable bonds is 3. The van der Waals surface area contributed by atoms with Crippen LogP contribution in [-0.4, -0.2) is 6.04 Å². The van der Waals surface area contributed by atoms with Crippen LogP contribution in [-0.2, 0) is 0 Å². The quantitative estimate of drug-likeness (QED) is 0.690. The molecule has 0 aromatic heterocycles. The summed E-state index contributed by atoms with van der Waals surface area (Å²) in [6.45, 7) is 2.13. The molecule has 0 atom stereocenters. The Morgan fingerprint density at radius 1 is 1.00 bits per heavy atom. The van der Waals surface area contributed by atoms with E-state index in [0.717, 1.165) is 18.5 Å². The number of anilines is 1. The lowest BCUT2D eigenvalue weighted by Crippen LogP contribution is -2.34. The predicted octanol–water partition coefficient (Wildman–Crippen LogP) is 6.31. The van der Waals surface area contributed by atoms with Crippen LogP contribution in [0.4, 0.5) is 5.69 Å². The molecular weight excluding hydrogens is 325 g/mol. The minimum Gasteiger partial charge on any atom is -0.380 e. The molecule has 3 rings (SSSR count). The summed E-state index contributed by atoms with van der Waals surface area (Å²) >= 11 is 18.3. The molecule has 110 valence electrons. The van der Waals surface area contributed by atoms with Crippen molar-refractivity contribution in [2.24, 2.45) is 0 Å². The highest BCUT2D eigenvalue weighted by Gasteiger charge is 2.31. The zero-order chi connectivity index (χ0) is 15.0. The Labute approximate surface area is 140 Å². The third kappa shape index (κ3) is 3.31. The Morgan fingerprint density at radius 3 is 2.29 bits per heavy atom. The zero-order valence-electron chi connectivity index (χ0n) is 11.7. The molecule has 1 aliphatic rings. The van der Waals surface area contributed by atoms with E-state index in [1.165, 1.54) is 11.1 Å². The number of aryl methyl sites for hydroxylation is 1. The van der Waals surface area contributed by atoms with Gasteiger partial charge in [-0.25, -0.2) is 0 Å². The van der Waals surface area contributed by atoms with Crippen LogP contribution in [0.1, 0.15) is 29.9 Å². The van der Waals surface area contributed by atoms with Crippen molar-refractivity contribution in [1.29, 1.82) is 0 Å². The topological polar surface area (TPSA) is 12.0 Å². The number of hydrogen-bond donors (Lipinski definition) is 1. The summed E-state index contributed by atoms with van der Waals surface area (Å²) in [7, 11) is 0. The molecule has 0 heterocycles. The number of benzene rings is 2. The van der Waals surface area contributed by atoms with Crippen LogP contribution >= 0.6 is 34.8 Å². The molecule has 1 saturated carbocycles. The summed E-state index contributed by atoms with van der Waals surface area (Å²) in [5.41, 5.74) is 3.52. The van der Waals surface area contributed by atoms with E-state index >= 15 is 0 Å². The van der Waals surface area contributed by atoms with Gasteiger partial charge < -0.3 is 5.32 Å². The molecule has 1 N–H and O–H groups in total. The van der Waals surface area contributed by atoms with Crippen LogP contribution in [0.15, 0.2) is 36.4 Å². The van der Waals surface area contributed by atoms with E-state index in [2.05, 4.69) is 36.5 Å². The molecule has 0 bridgehead atoms. The Kier molecular flexibility index (Phi) is 4.35. The fraction of sp³-hybridized carbons (Fsp3) is 0.294. The maximum Gasteiger partial charge on any atom is 0.0722 e. The Hall–Kier alpha value is -0.890. The van der Waals surface area contributed by atoms with Gasteiger partial charge in [0.25, 0.3) is 0 Å². The van der Waals surface area contributed by atoms with Gasteiger partial charge in [0.15, 0.2) is 0 Å². The normalized spacial score (nSPS) is 21.0. The highest BCUT2D eigenvalue weighted by molar-refractivity contribution is 6.41. The minimum atomic E-state index is 0.409. The van der Waals surface area contributed by atoms with Crippen molar-refractivity contribution in [1.82, 2.24) is 0 Å². The Morgan fingerprint density at radius 2 is 1.67 bits per heavy atom. The maximum atomic E-state index is 6.20. The highest BCUT2D eigenvalue weighted by Crippen LogP contribution is 2.41. The van der Waals surface area contributed by atoms with E-state index in [9.17, 15) is 0 Å². The first-order valence-electron chi connectivity index (χ1n) is 7.00. The second-order valence-electron chi connectivity index (χ2n) is 5.67. The Bertz CT molecular complexity index is 640. The van der Waals surface area contributed by atoms with E-state index in [0.29, 0.717) is 27.0 Å². The van der Waals surface area contributed by atoms with Crippen molar-refractivity contribution >= 4 is 40.5 Å². The number of nitrogens with one attached hydrogen (secondary N) is 1. The monoisotopic (exact) mass is 339 g/mol. The van der Waals surface area contributed by atoms with Crippen molar-refractivity contribution < 1.29 is 0 Å². The van der Waals surface area contributed by atoms with E-state index in [4.69, 9.17) is 34.8 Å². The summed E-state index contributed by atoms with van der Waals surface area (Å²) in [4.78, 5) is 0. The van der Waals surface area contributed by atoms with Crippen LogP contribution < -0.4 is 5.32 Å². The Balaban J connectivity index is 1.65. The van der Waals surface area contributed by atoms with Crippen LogP contribution in [0.5, 0.6) is 0 Å². The van der Waals surface area contributed by atoms with E-state index in [1.54, 1.807) is 12.1 Å². The molecule has 0 spiro atoms. The van der Waals surface area contributed by atoms with Gasteiger partial charge in [-0.05, 0) is 43.4 Å². The van der Waals surface area contributed by atoms with Gasteiger partial charge in [0.05, 0.1) is 15.7 Å². The van der Waals surface area contributed by atoms with Crippen molar-refractivity contribution in [3.8, 4) is 0 Å². The van der Waals surface area contributed by atoms with Crippen LogP contribution in [0.2, 0.25) is 15.1 Å². The first kappa shape index (κ1) is 15.0. The lowest BCUT2D eigenvalue weighted by Gasteiger charge is -2.37. The van der Waals surface area contributed by atoms with Gasteiger partial charge in [-0.3, -0.25) is 0 Å². The van der Waals surface area contributed by atoms with Gasteiger partial charge >= 0.3 is 0 Å². The molecule has 0 amide bonds. The molecule has 0 aliphatic heterocycles. The van der Waals surface area contributed by atoms with Gasteiger partial charge in [0, 0.05) is 11.1 Å². The average molecular weight is 341 g/mol. The molecule has 1 nitrogen and oxygen atoms in total. The molecule has 4 heteroatoms. The first-order valence-corrected chi connectivity index (χ1v) is 8.14. The fourth-order valence-electron chi connectivity index (χ4n) is 2.82. The van der Waals surface area contributed by atoms with Crippen LogP contribution in [0.25, 0.3) is 0 Å².